The van der Waals surface area contributed by atoms with Crippen molar-refractivity contribution in [2.75, 3.05) is 0 Å². The molecule has 0 fully saturated rings. The fourth-order valence-corrected chi connectivity index (χ4v) is 2.32. The first-order chi connectivity index (χ1) is 8.24. The predicted octanol–water partition coefficient (Wildman–Crippen LogP) is 2.43. The molecule has 0 spiro atoms. The van der Waals surface area contributed by atoms with Gasteiger partial charge in [0.1, 0.15) is 0 Å². The maximum absolute atomic E-state index is 11.2. The van der Waals surface area contributed by atoms with Gasteiger partial charge in [0.05, 0.1) is 11.5 Å². The van der Waals surface area contributed by atoms with Crippen LogP contribution in [0.25, 0.3) is 11.1 Å². The Balaban J connectivity index is 2.64. The molecule has 3 nitrogen and oxygen atoms in total. The minimum Gasteiger partial charge on any atom is -0.392 e. The van der Waals surface area contributed by atoms with Crippen molar-refractivity contribution in [2.45, 2.75) is 11.5 Å². The average molecular weight is 248 g/mol. The van der Waals surface area contributed by atoms with Crippen LogP contribution in [0.5, 0.6) is 0 Å². The normalized spacial score (nSPS) is 12.4. The summed E-state index contributed by atoms with van der Waals surface area (Å²) in [6.07, 6.45) is 0. The largest absolute Gasteiger partial charge is 0.392 e. The summed E-state index contributed by atoms with van der Waals surface area (Å²) < 4.78 is 20.5. The van der Waals surface area contributed by atoms with Gasteiger partial charge in [-0.3, -0.25) is 0 Å². The van der Waals surface area contributed by atoms with E-state index in [-0.39, 0.29) is 6.61 Å². The summed E-state index contributed by atoms with van der Waals surface area (Å²) in [6, 6.07) is 14.2. The molecule has 0 radical (unpaired) electrons. The summed E-state index contributed by atoms with van der Waals surface area (Å²) in [5.41, 5.74) is 2.20. The molecule has 0 amide bonds. The molecule has 2 aromatic carbocycles. The molecule has 1 atom stereocenters. The van der Waals surface area contributed by atoms with Gasteiger partial charge in [-0.2, -0.15) is 0 Å². The van der Waals surface area contributed by atoms with Gasteiger partial charge in [-0.05, 0) is 17.2 Å². The first-order valence-corrected chi connectivity index (χ1v) is 6.23. The first kappa shape index (κ1) is 12.0. The van der Waals surface area contributed by atoms with Crippen molar-refractivity contribution in [3.63, 3.8) is 0 Å². The van der Waals surface area contributed by atoms with Crippen LogP contribution in [0.4, 0.5) is 0 Å². The number of aliphatic hydroxyl groups is 1. The van der Waals surface area contributed by atoms with E-state index in [1.165, 1.54) is 0 Å². The van der Waals surface area contributed by atoms with Crippen molar-refractivity contribution in [3.8, 4) is 11.1 Å². The topological polar surface area (TPSA) is 57.5 Å². The zero-order chi connectivity index (χ0) is 12.3. The lowest BCUT2D eigenvalue weighted by Crippen LogP contribution is -1.95. The molecule has 0 aromatic heterocycles. The van der Waals surface area contributed by atoms with Crippen LogP contribution in [0, 0.1) is 0 Å². The number of rotatable bonds is 3. The Morgan fingerprint density at radius 3 is 2.18 bits per heavy atom. The van der Waals surface area contributed by atoms with E-state index in [1.54, 1.807) is 30.3 Å². The zero-order valence-electron chi connectivity index (χ0n) is 9.04. The quantitative estimate of drug-likeness (QED) is 0.820. The van der Waals surface area contributed by atoms with Crippen LogP contribution >= 0.6 is 0 Å². The van der Waals surface area contributed by atoms with Gasteiger partial charge < -0.3 is 9.66 Å². The van der Waals surface area contributed by atoms with Crippen molar-refractivity contribution < 1.29 is 13.9 Å². The summed E-state index contributed by atoms with van der Waals surface area (Å²) >= 11 is -2.03. The summed E-state index contributed by atoms with van der Waals surface area (Å²) in [4.78, 5) is 0.355. The van der Waals surface area contributed by atoms with E-state index < -0.39 is 11.1 Å². The Labute approximate surface area is 102 Å². The first-order valence-electron chi connectivity index (χ1n) is 5.13. The molecule has 0 heterocycles. The maximum Gasteiger partial charge on any atom is 0.187 e. The van der Waals surface area contributed by atoms with Crippen LogP contribution in [-0.2, 0) is 17.7 Å². The van der Waals surface area contributed by atoms with Crippen LogP contribution in [0.1, 0.15) is 5.56 Å². The third-order valence-electron chi connectivity index (χ3n) is 2.55. The lowest BCUT2D eigenvalue weighted by molar-refractivity contribution is 0.282. The van der Waals surface area contributed by atoms with E-state index in [1.807, 2.05) is 18.2 Å². The van der Waals surface area contributed by atoms with Gasteiger partial charge >= 0.3 is 0 Å². The van der Waals surface area contributed by atoms with E-state index in [0.717, 1.165) is 11.1 Å². The summed E-state index contributed by atoms with van der Waals surface area (Å²) in [7, 11) is 0. The van der Waals surface area contributed by atoms with Gasteiger partial charge in [-0.25, -0.2) is 4.21 Å². The smallest absolute Gasteiger partial charge is 0.187 e. The Morgan fingerprint density at radius 1 is 0.941 bits per heavy atom. The minimum atomic E-state index is -2.03. The molecule has 17 heavy (non-hydrogen) atoms. The lowest BCUT2D eigenvalue weighted by Gasteiger charge is -2.10. The summed E-state index contributed by atoms with van der Waals surface area (Å²) in [6.45, 7) is -0.0947. The molecule has 2 rings (SSSR count). The molecule has 0 bridgehead atoms. The Bertz CT molecular complexity index is 552. The molecule has 0 aliphatic rings. The third-order valence-corrected chi connectivity index (χ3v) is 3.29. The average Bonchev–Trinajstić information content (AvgIpc) is 2.38. The number of hydrogen-bond donors (Lipinski definition) is 2. The predicted molar refractivity (Wildman–Crippen MR) is 66.8 cm³/mol. The molecule has 2 aromatic rings. The summed E-state index contributed by atoms with van der Waals surface area (Å²) in [5, 5.41) is 9.27. The second-order valence-corrected chi connectivity index (χ2v) is 4.50. The maximum atomic E-state index is 11.2. The Hall–Kier alpha value is -1.49. The molecule has 2 N–H and O–H groups in total. The molecule has 0 aliphatic heterocycles. The second kappa shape index (κ2) is 5.23. The van der Waals surface area contributed by atoms with E-state index in [9.17, 15) is 13.9 Å². The van der Waals surface area contributed by atoms with Gasteiger partial charge in [-0.1, -0.05) is 42.5 Å². The number of aliphatic hydroxyl groups excluding tert-OH is 1. The van der Waals surface area contributed by atoms with Gasteiger partial charge in [0.2, 0.25) is 0 Å². The molecule has 0 saturated heterocycles. The molecular weight excluding hydrogens is 236 g/mol. The minimum absolute atomic E-state index is 0.0947. The lowest BCUT2D eigenvalue weighted by atomic mass is 10.0. The highest BCUT2D eigenvalue weighted by atomic mass is 32.2. The van der Waals surface area contributed by atoms with Crippen LogP contribution in [0.3, 0.4) is 0 Å². The highest BCUT2D eigenvalue weighted by Gasteiger charge is 2.11. The van der Waals surface area contributed by atoms with Crippen molar-refractivity contribution in [1.29, 1.82) is 0 Å². The van der Waals surface area contributed by atoms with Gasteiger partial charge in [-0.15, -0.1) is 0 Å². The van der Waals surface area contributed by atoms with Gasteiger partial charge in [0.25, 0.3) is 0 Å². The monoisotopic (exact) mass is 248 g/mol. The van der Waals surface area contributed by atoms with Crippen LogP contribution < -0.4 is 0 Å². The molecule has 88 valence electrons. The van der Waals surface area contributed by atoms with Crippen molar-refractivity contribution in [2.24, 2.45) is 0 Å². The van der Waals surface area contributed by atoms with Crippen LogP contribution in [0.2, 0.25) is 0 Å². The SMILES string of the molecule is O=S(O)c1ccccc1-c1ccccc1CO. The molecule has 0 saturated carbocycles. The van der Waals surface area contributed by atoms with Crippen LogP contribution in [-0.4, -0.2) is 13.9 Å². The fraction of sp³-hybridized carbons (Fsp3) is 0.0769. The van der Waals surface area contributed by atoms with E-state index in [2.05, 4.69) is 0 Å². The number of benzene rings is 2. The molecule has 4 heteroatoms. The third kappa shape index (κ3) is 2.44. The van der Waals surface area contributed by atoms with Gasteiger partial charge in [0, 0.05) is 5.56 Å². The highest BCUT2D eigenvalue weighted by molar-refractivity contribution is 7.79. The second-order valence-electron chi connectivity index (χ2n) is 3.56. The number of hydrogen-bond acceptors (Lipinski definition) is 2. The van der Waals surface area contributed by atoms with E-state index in [0.29, 0.717) is 10.5 Å². The van der Waals surface area contributed by atoms with Crippen molar-refractivity contribution >= 4 is 11.1 Å². The molecular formula is C13H12O3S. The molecule has 1 unspecified atom stereocenters. The zero-order valence-corrected chi connectivity index (χ0v) is 9.85. The van der Waals surface area contributed by atoms with Crippen molar-refractivity contribution in [1.82, 2.24) is 0 Å². The summed E-state index contributed by atoms with van der Waals surface area (Å²) in [5.74, 6) is 0. The van der Waals surface area contributed by atoms with E-state index in [4.69, 9.17) is 0 Å². The van der Waals surface area contributed by atoms with E-state index >= 15 is 0 Å². The standard InChI is InChI=1S/C13H12O3S/c14-9-10-5-1-2-6-11(10)12-7-3-4-8-13(12)17(15)16/h1-8,14H,9H2,(H,15,16). The van der Waals surface area contributed by atoms with Gasteiger partial charge in [0.15, 0.2) is 11.1 Å². The highest BCUT2D eigenvalue weighted by Crippen LogP contribution is 2.28. The van der Waals surface area contributed by atoms with Crippen LogP contribution in [0.15, 0.2) is 53.4 Å². The fourth-order valence-electron chi connectivity index (χ4n) is 1.76. The molecule has 0 aliphatic carbocycles. The Kier molecular flexibility index (Phi) is 3.68. The Morgan fingerprint density at radius 2 is 1.53 bits per heavy atom. The van der Waals surface area contributed by atoms with Crippen molar-refractivity contribution in [3.05, 3.63) is 54.1 Å².